The summed E-state index contributed by atoms with van der Waals surface area (Å²) in [7, 11) is 0. The quantitative estimate of drug-likeness (QED) is 0.194. The van der Waals surface area contributed by atoms with Gasteiger partial charge in [0.1, 0.15) is 5.60 Å². The highest BCUT2D eigenvalue weighted by atomic mass is 16.3. The summed E-state index contributed by atoms with van der Waals surface area (Å²) in [6, 6.07) is 17.8. The van der Waals surface area contributed by atoms with Gasteiger partial charge in [-0.15, -0.1) is 0 Å². The fourth-order valence-electron chi connectivity index (χ4n) is 4.50. The first-order valence-corrected chi connectivity index (χ1v) is 11.4. The molecule has 154 valence electrons. The number of rotatable bonds is 7. The van der Waals surface area contributed by atoms with Crippen molar-refractivity contribution in [1.29, 1.82) is 0 Å². The second-order valence-corrected chi connectivity index (χ2v) is 9.09. The van der Waals surface area contributed by atoms with Crippen molar-refractivity contribution in [2.24, 2.45) is 0 Å². The molecule has 4 aromatic carbocycles. The molecule has 0 unspecified atom stereocenters. The van der Waals surface area contributed by atoms with Crippen LogP contribution in [0.25, 0.3) is 32.3 Å². The average Bonchev–Trinajstić information content (AvgIpc) is 2.73. The topological polar surface area (TPSA) is 20.2 Å². The van der Waals surface area contributed by atoms with E-state index >= 15 is 0 Å². The van der Waals surface area contributed by atoms with Gasteiger partial charge >= 0.3 is 0 Å². The van der Waals surface area contributed by atoms with Crippen molar-refractivity contribution < 1.29 is 5.11 Å². The van der Waals surface area contributed by atoms with E-state index in [9.17, 15) is 5.11 Å². The molecule has 4 rings (SSSR count). The van der Waals surface area contributed by atoms with Crippen LogP contribution in [0.2, 0.25) is 0 Å². The standard InChI is InChI=1S/C29H32O/c1-4-5-6-7-8-9-10-21-11-13-23-16-18-26-22(19-20-29(2,3)30)12-14-24-15-17-25(21)27(23)28(24)26/h11-18,30H,4-10H2,1-3H3. The van der Waals surface area contributed by atoms with Crippen LogP contribution in [-0.2, 0) is 6.42 Å². The van der Waals surface area contributed by atoms with E-state index < -0.39 is 5.60 Å². The first kappa shape index (κ1) is 20.7. The highest BCUT2D eigenvalue weighted by molar-refractivity contribution is 6.24. The molecule has 0 aromatic heterocycles. The molecule has 0 aliphatic rings. The van der Waals surface area contributed by atoms with Crippen molar-refractivity contribution in [2.45, 2.75) is 71.3 Å². The second-order valence-electron chi connectivity index (χ2n) is 9.09. The van der Waals surface area contributed by atoms with Gasteiger partial charge in [-0.3, -0.25) is 0 Å². The molecule has 0 saturated heterocycles. The zero-order chi connectivity index (χ0) is 21.1. The Morgan fingerprint density at radius 3 is 2.07 bits per heavy atom. The Morgan fingerprint density at radius 1 is 0.733 bits per heavy atom. The van der Waals surface area contributed by atoms with Gasteiger partial charge < -0.3 is 5.11 Å². The molecule has 4 aromatic rings. The number of unbranched alkanes of at least 4 members (excludes halogenated alkanes) is 5. The maximum Gasteiger partial charge on any atom is 0.120 e. The maximum atomic E-state index is 10.0. The summed E-state index contributed by atoms with van der Waals surface area (Å²) < 4.78 is 0. The number of aryl methyl sites for hydroxylation is 1. The normalized spacial score (nSPS) is 12.0. The Morgan fingerprint density at radius 2 is 1.33 bits per heavy atom. The monoisotopic (exact) mass is 396 g/mol. The molecule has 0 aliphatic heterocycles. The van der Waals surface area contributed by atoms with Crippen LogP contribution in [0.5, 0.6) is 0 Å². The van der Waals surface area contributed by atoms with Crippen molar-refractivity contribution >= 4 is 32.3 Å². The summed E-state index contributed by atoms with van der Waals surface area (Å²) in [5, 5.41) is 17.8. The second kappa shape index (κ2) is 8.66. The van der Waals surface area contributed by atoms with E-state index in [4.69, 9.17) is 0 Å². The largest absolute Gasteiger partial charge is 0.378 e. The average molecular weight is 397 g/mol. The third kappa shape index (κ3) is 4.30. The minimum Gasteiger partial charge on any atom is -0.378 e. The van der Waals surface area contributed by atoms with Gasteiger partial charge in [0, 0.05) is 5.56 Å². The lowest BCUT2D eigenvalue weighted by Gasteiger charge is -2.15. The Balaban J connectivity index is 1.75. The van der Waals surface area contributed by atoms with Crippen LogP contribution in [0.3, 0.4) is 0 Å². The molecule has 0 spiro atoms. The first-order valence-electron chi connectivity index (χ1n) is 11.4. The Labute approximate surface area is 180 Å². The van der Waals surface area contributed by atoms with Crippen molar-refractivity contribution in [3.63, 3.8) is 0 Å². The minimum atomic E-state index is -0.992. The minimum absolute atomic E-state index is 0.986. The van der Waals surface area contributed by atoms with E-state index in [2.05, 4.69) is 67.3 Å². The Bertz CT molecular complexity index is 1210. The predicted molar refractivity (Wildman–Crippen MR) is 130 cm³/mol. The van der Waals surface area contributed by atoms with Crippen LogP contribution in [0.4, 0.5) is 0 Å². The molecule has 0 atom stereocenters. The fourth-order valence-corrected chi connectivity index (χ4v) is 4.50. The zero-order valence-electron chi connectivity index (χ0n) is 18.5. The van der Waals surface area contributed by atoms with Crippen LogP contribution in [-0.4, -0.2) is 10.7 Å². The molecule has 0 fully saturated rings. The molecule has 30 heavy (non-hydrogen) atoms. The van der Waals surface area contributed by atoms with Gasteiger partial charge in [-0.25, -0.2) is 0 Å². The van der Waals surface area contributed by atoms with Crippen LogP contribution < -0.4 is 0 Å². The van der Waals surface area contributed by atoms with Gasteiger partial charge in [0.15, 0.2) is 0 Å². The molecule has 1 heteroatoms. The van der Waals surface area contributed by atoms with Crippen LogP contribution in [0.1, 0.15) is 70.4 Å². The Hall–Kier alpha value is -2.56. The fraction of sp³-hybridized carbons (Fsp3) is 0.379. The van der Waals surface area contributed by atoms with Gasteiger partial charge in [0.25, 0.3) is 0 Å². The summed E-state index contributed by atoms with van der Waals surface area (Å²) in [5.41, 5.74) is 1.45. The molecule has 0 amide bonds. The maximum absolute atomic E-state index is 10.0. The zero-order valence-corrected chi connectivity index (χ0v) is 18.5. The van der Waals surface area contributed by atoms with Gasteiger partial charge in [0.2, 0.25) is 0 Å². The van der Waals surface area contributed by atoms with Gasteiger partial charge in [-0.05, 0) is 70.6 Å². The predicted octanol–water partition coefficient (Wildman–Crippen LogP) is 7.61. The molecule has 0 radical (unpaired) electrons. The van der Waals surface area contributed by atoms with Crippen LogP contribution in [0.15, 0.2) is 48.5 Å². The van der Waals surface area contributed by atoms with E-state index in [1.807, 2.05) is 0 Å². The molecule has 0 bridgehead atoms. The van der Waals surface area contributed by atoms with E-state index in [1.165, 1.54) is 76.4 Å². The van der Waals surface area contributed by atoms with Crippen LogP contribution >= 0.6 is 0 Å². The summed E-state index contributed by atoms with van der Waals surface area (Å²) in [6.45, 7) is 5.72. The van der Waals surface area contributed by atoms with E-state index in [0.717, 1.165) is 12.0 Å². The molecule has 0 aliphatic carbocycles. The van der Waals surface area contributed by atoms with Gasteiger partial charge in [0.05, 0.1) is 0 Å². The SMILES string of the molecule is CCCCCCCCc1ccc2ccc3c(C#CC(C)(C)O)ccc4ccc1c2c43. The molecular weight excluding hydrogens is 364 g/mol. The number of hydrogen-bond acceptors (Lipinski definition) is 1. The van der Waals surface area contributed by atoms with Crippen molar-refractivity contribution in [1.82, 2.24) is 0 Å². The third-order valence-corrected chi connectivity index (χ3v) is 6.06. The van der Waals surface area contributed by atoms with E-state index in [0.29, 0.717) is 0 Å². The van der Waals surface area contributed by atoms with Crippen LogP contribution in [0, 0.1) is 11.8 Å². The van der Waals surface area contributed by atoms with Gasteiger partial charge in [-0.1, -0.05) is 93.3 Å². The smallest absolute Gasteiger partial charge is 0.120 e. The summed E-state index contributed by atoms with van der Waals surface area (Å²) in [4.78, 5) is 0. The third-order valence-electron chi connectivity index (χ3n) is 6.06. The van der Waals surface area contributed by atoms with Gasteiger partial charge in [-0.2, -0.15) is 0 Å². The highest BCUT2D eigenvalue weighted by Crippen LogP contribution is 2.37. The summed E-state index contributed by atoms with van der Waals surface area (Å²) in [6.07, 6.45) is 9.10. The summed E-state index contributed by atoms with van der Waals surface area (Å²) >= 11 is 0. The van der Waals surface area contributed by atoms with E-state index in [1.54, 1.807) is 13.8 Å². The first-order chi connectivity index (χ1) is 14.5. The molecule has 1 N–H and O–H groups in total. The lowest BCUT2D eigenvalue weighted by Crippen LogP contribution is -2.14. The Kier molecular flexibility index (Phi) is 5.98. The number of aliphatic hydroxyl groups is 1. The molecule has 0 saturated carbocycles. The molecule has 1 nitrogen and oxygen atoms in total. The number of hydrogen-bond donors (Lipinski definition) is 1. The summed E-state index contributed by atoms with van der Waals surface area (Å²) in [5.74, 6) is 6.19. The lowest BCUT2D eigenvalue weighted by molar-refractivity contribution is 0.143. The van der Waals surface area contributed by atoms with Crippen molar-refractivity contribution in [3.8, 4) is 11.8 Å². The molecule has 0 heterocycles. The molecular formula is C29H32O. The van der Waals surface area contributed by atoms with Crippen molar-refractivity contribution in [2.75, 3.05) is 0 Å². The highest BCUT2D eigenvalue weighted by Gasteiger charge is 2.13. The van der Waals surface area contributed by atoms with E-state index in [-0.39, 0.29) is 0 Å². The number of benzene rings is 4. The lowest BCUT2D eigenvalue weighted by atomic mass is 9.89. The van der Waals surface area contributed by atoms with Crippen molar-refractivity contribution in [3.05, 3.63) is 59.7 Å².